The standard InChI is InChI=1S/C18H22N2O2/c1-3-17(19-10-4-5-11-19)18(21)20-12-16(13-20)22-15-8-6-14(2)7-9-15/h4-11,16-17H,3,12-13H2,1-2H3. The van der Waals surface area contributed by atoms with Gasteiger partial charge < -0.3 is 14.2 Å². The number of ether oxygens (including phenoxy) is 1. The first-order chi connectivity index (χ1) is 10.7. The van der Waals surface area contributed by atoms with Gasteiger partial charge in [0.2, 0.25) is 5.91 Å². The van der Waals surface area contributed by atoms with Gasteiger partial charge in [-0.25, -0.2) is 0 Å². The fraction of sp³-hybridized carbons (Fsp3) is 0.389. The number of nitrogens with zero attached hydrogens (tertiary/aromatic N) is 2. The molecule has 0 N–H and O–H groups in total. The summed E-state index contributed by atoms with van der Waals surface area (Å²) in [4.78, 5) is 14.4. The van der Waals surface area contributed by atoms with Crippen molar-refractivity contribution in [1.29, 1.82) is 0 Å². The van der Waals surface area contributed by atoms with E-state index in [9.17, 15) is 4.79 Å². The van der Waals surface area contributed by atoms with Gasteiger partial charge in [-0.05, 0) is 37.6 Å². The van der Waals surface area contributed by atoms with Gasteiger partial charge in [-0.2, -0.15) is 0 Å². The molecule has 1 saturated heterocycles. The zero-order valence-corrected chi connectivity index (χ0v) is 13.1. The molecule has 116 valence electrons. The highest BCUT2D eigenvalue weighted by Gasteiger charge is 2.35. The zero-order chi connectivity index (χ0) is 15.5. The van der Waals surface area contributed by atoms with E-state index in [-0.39, 0.29) is 18.1 Å². The molecule has 0 radical (unpaired) electrons. The fourth-order valence-corrected chi connectivity index (χ4v) is 2.78. The molecular formula is C18H22N2O2. The van der Waals surface area contributed by atoms with Gasteiger partial charge in [0.25, 0.3) is 0 Å². The Bertz CT molecular complexity index is 613. The van der Waals surface area contributed by atoms with E-state index in [2.05, 4.69) is 6.92 Å². The first-order valence-corrected chi connectivity index (χ1v) is 7.82. The van der Waals surface area contributed by atoms with Crippen molar-refractivity contribution in [1.82, 2.24) is 9.47 Å². The predicted octanol–water partition coefficient (Wildman–Crippen LogP) is 3.04. The molecule has 4 heteroatoms. The number of benzene rings is 1. The van der Waals surface area contributed by atoms with E-state index < -0.39 is 0 Å². The van der Waals surface area contributed by atoms with Crippen LogP contribution >= 0.6 is 0 Å². The number of likely N-dealkylation sites (tertiary alicyclic amines) is 1. The number of aromatic nitrogens is 1. The van der Waals surface area contributed by atoms with Gasteiger partial charge in [-0.1, -0.05) is 24.6 Å². The van der Waals surface area contributed by atoms with Crippen molar-refractivity contribution in [2.24, 2.45) is 0 Å². The van der Waals surface area contributed by atoms with E-state index >= 15 is 0 Å². The number of carbonyl (C=O) groups excluding carboxylic acids is 1. The maximum Gasteiger partial charge on any atom is 0.245 e. The molecule has 1 aromatic heterocycles. The lowest BCUT2D eigenvalue weighted by molar-refractivity contribution is -0.143. The van der Waals surface area contributed by atoms with Gasteiger partial charge in [0.1, 0.15) is 17.9 Å². The smallest absolute Gasteiger partial charge is 0.245 e. The quantitative estimate of drug-likeness (QED) is 0.850. The highest BCUT2D eigenvalue weighted by molar-refractivity contribution is 5.81. The van der Waals surface area contributed by atoms with Crippen molar-refractivity contribution in [3.05, 3.63) is 54.4 Å². The number of carbonyl (C=O) groups is 1. The van der Waals surface area contributed by atoms with Crippen LogP contribution in [-0.4, -0.2) is 34.6 Å². The fourth-order valence-electron chi connectivity index (χ4n) is 2.78. The van der Waals surface area contributed by atoms with Crippen molar-refractivity contribution in [3.8, 4) is 5.75 Å². The Balaban J connectivity index is 1.54. The number of hydrogen-bond donors (Lipinski definition) is 0. The molecule has 0 spiro atoms. The van der Waals surface area contributed by atoms with Gasteiger partial charge in [0, 0.05) is 12.4 Å². The number of rotatable bonds is 5. The molecule has 1 unspecified atom stereocenters. The van der Waals surface area contributed by atoms with Crippen LogP contribution in [0.2, 0.25) is 0 Å². The summed E-state index contributed by atoms with van der Waals surface area (Å²) in [5.41, 5.74) is 1.22. The maximum absolute atomic E-state index is 12.5. The number of amides is 1. The lowest BCUT2D eigenvalue weighted by atomic mass is 10.1. The third kappa shape index (κ3) is 3.01. The second-order valence-corrected chi connectivity index (χ2v) is 5.85. The third-order valence-corrected chi connectivity index (χ3v) is 4.14. The minimum atomic E-state index is -0.102. The summed E-state index contributed by atoms with van der Waals surface area (Å²) < 4.78 is 7.87. The summed E-state index contributed by atoms with van der Waals surface area (Å²) in [6.45, 7) is 5.44. The van der Waals surface area contributed by atoms with E-state index in [1.54, 1.807) is 0 Å². The normalized spacial score (nSPS) is 16.2. The Kier molecular flexibility index (Phi) is 4.18. The van der Waals surface area contributed by atoms with Crippen LogP contribution in [0, 0.1) is 6.92 Å². The van der Waals surface area contributed by atoms with Crippen molar-refractivity contribution in [3.63, 3.8) is 0 Å². The summed E-state index contributed by atoms with van der Waals surface area (Å²) in [5.74, 6) is 1.06. The molecular weight excluding hydrogens is 276 g/mol. The Hall–Kier alpha value is -2.23. The SMILES string of the molecule is CCC(C(=O)N1CC(Oc2ccc(C)cc2)C1)n1cccc1. The monoisotopic (exact) mass is 298 g/mol. The molecule has 0 bridgehead atoms. The molecule has 1 atom stereocenters. The Morgan fingerprint density at radius 3 is 2.45 bits per heavy atom. The molecule has 1 aliphatic heterocycles. The summed E-state index contributed by atoms with van der Waals surface area (Å²) in [6.07, 6.45) is 4.81. The molecule has 0 aliphatic carbocycles. The average molecular weight is 298 g/mol. The molecule has 1 aromatic carbocycles. The number of aryl methyl sites for hydroxylation is 1. The van der Waals surface area contributed by atoms with Gasteiger partial charge >= 0.3 is 0 Å². The van der Waals surface area contributed by atoms with Crippen LogP contribution in [0.4, 0.5) is 0 Å². The van der Waals surface area contributed by atoms with Gasteiger partial charge in [-0.3, -0.25) is 4.79 Å². The van der Waals surface area contributed by atoms with E-state index in [0.29, 0.717) is 13.1 Å². The van der Waals surface area contributed by atoms with Crippen LogP contribution in [0.3, 0.4) is 0 Å². The average Bonchev–Trinajstić information content (AvgIpc) is 2.99. The zero-order valence-electron chi connectivity index (χ0n) is 13.1. The first kappa shape index (κ1) is 14.7. The van der Waals surface area contributed by atoms with Crippen molar-refractivity contribution in [2.75, 3.05) is 13.1 Å². The van der Waals surface area contributed by atoms with E-state index in [0.717, 1.165) is 12.2 Å². The molecule has 1 fully saturated rings. The summed E-state index contributed by atoms with van der Waals surface area (Å²) >= 11 is 0. The predicted molar refractivity (Wildman–Crippen MR) is 85.9 cm³/mol. The van der Waals surface area contributed by atoms with Gasteiger partial charge in [0.05, 0.1) is 13.1 Å². The first-order valence-electron chi connectivity index (χ1n) is 7.82. The van der Waals surface area contributed by atoms with Crippen LogP contribution in [-0.2, 0) is 4.79 Å². The second-order valence-electron chi connectivity index (χ2n) is 5.85. The molecule has 1 aliphatic rings. The van der Waals surface area contributed by atoms with Crippen molar-refractivity contribution in [2.45, 2.75) is 32.4 Å². The lowest BCUT2D eigenvalue weighted by Crippen LogP contribution is -2.57. The van der Waals surface area contributed by atoms with E-state index in [1.165, 1.54) is 5.56 Å². The summed E-state index contributed by atoms with van der Waals surface area (Å²) in [5, 5.41) is 0. The van der Waals surface area contributed by atoms with Crippen molar-refractivity contribution < 1.29 is 9.53 Å². The maximum atomic E-state index is 12.5. The van der Waals surface area contributed by atoms with Crippen LogP contribution in [0.15, 0.2) is 48.8 Å². The minimum Gasteiger partial charge on any atom is -0.487 e. The Morgan fingerprint density at radius 2 is 1.86 bits per heavy atom. The molecule has 0 saturated carbocycles. The Morgan fingerprint density at radius 1 is 1.23 bits per heavy atom. The number of hydrogen-bond acceptors (Lipinski definition) is 2. The van der Waals surface area contributed by atoms with Crippen LogP contribution in [0.5, 0.6) is 5.75 Å². The van der Waals surface area contributed by atoms with E-state index in [4.69, 9.17) is 4.74 Å². The van der Waals surface area contributed by atoms with Crippen LogP contribution in [0.25, 0.3) is 0 Å². The van der Waals surface area contributed by atoms with E-state index in [1.807, 2.05) is 65.2 Å². The largest absolute Gasteiger partial charge is 0.487 e. The molecule has 4 nitrogen and oxygen atoms in total. The molecule has 3 rings (SSSR count). The third-order valence-electron chi connectivity index (χ3n) is 4.14. The minimum absolute atomic E-state index is 0.102. The summed E-state index contributed by atoms with van der Waals surface area (Å²) in [7, 11) is 0. The molecule has 2 aromatic rings. The summed E-state index contributed by atoms with van der Waals surface area (Å²) in [6, 6.07) is 11.8. The van der Waals surface area contributed by atoms with Gasteiger partial charge in [0.15, 0.2) is 0 Å². The Labute approximate surface area is 131 Å². The molecule has 2 heterocycles. The topological polar surface area (TPSA) is 34.5 Å². The van der Waals surface area contributed by atoms with Crippen molar-refractivity contribution >= 4 is 5.91 Å². The van der Waals surface area contributed by atoms with Gasteiger partial charge in [-0.15, -0.1) is 0 Å². The van der Waals surface area contributed by atoms with Crippen LogP contribution in [0.1, 0.15) is 24.9 Å². The lowest BCUT2D eigenvalue weighted by Gasteiger charge is -2.40. The second kappa shape index (κ2) is 6.26. The highest BCUT2D eigenvalue weighted by atomic mass is 16.5. The molecule has 22 heavy (non-hydrogen) atoms. The molecule has 1 amide bonds. The van der Waals surface area contributed by atoms with Crippen LogP contribution < -0.4 is 4.74 Å². The highest BCUT2D eigenvalue weighted by Crippen LogP contribution is 2.23.